The largest absolute Gasteiger partial charge is 0.338 e. The molecule has 1 amide bonds. The van der Waals surface area contributed by atoms with Gasteiger partial charge in [0.1, 0.15) is 0 Å². The standard InChI is InChI=1S/C12H12ClF2NO3S/c13-20(18,19)7-9-4-12(17)16(6-9)5-8-1-2-10(14)11(15)3-8/h1-3,9H,4-7H2. The summed E-state index contributed by atoms with van der Waals surface area (Å²) >= 11 is 0. The van der Waals surface area contributed by atoms with Crippen molar-refractivity contribution in [1.82, 2.24) is 4.90 Å². The Kier molecular flexibility index (Phi) is 4.29. The molecule has 1 heterocycles. The molecule has 1 fully saturated rings. The predicted molar refractivity (Wildman–Crippen MR) is 69.5 cm³/mol. The number of halogens is 3. The van der Waals surface area contributed by atoms with E-state index in [9.17, 15) is 22.0 Å². The van der Waals surface area contributed by atoms with E-state index in [1.165, 1.54) is 11.0 Å². The number of amides is 1. The van der Waals surface area contributed by atoms with E-state index in [0.717, 1.165) is 12.1 Å². The van der Waals surface area contributed by atoms with Crippen LogP contribution in [0.3, 0.4) is 0 Å². The molecule has 1 saturated heterocycles. The number of likely N-dealkylation sites (tertiary alicyclic amines) is 1. The van der Waals surface area contributed by atoms with E-state index in [0.29, 0.717) is 5.56 Å². The van der Waals surface area contributed by atoms with Gasteiger partial charge in [-0.25, -0.2) is 17.2 Å². The zero-order chi connectivity index (χ0) is 14.9. The molecule has 1 atom stereocenters. The van der Waals surface area contributed by atoms with Gasteiger partial charge in [-0.2, -0.15) is 0 Å². The van der Waals surface area contributed by atoms with Crippen LogP contribution in [0.2, 0.25) is 0 Å². The Morgan fingerprint density at radius 3 is 2.60 bits per heavy atom. The minimum absolute atomic E-state index is 0.0929. The van der Waals surface area contributed by atoms with Gasteiger partial charge in [0.15, 0.2) is 11.6 Å². The lowest BCUT2D eigenvalue weighted by Gasteiger charge is -2.16. The van der Waals surface area contributed by atoms with Crippen LogP contribution in [0, 0.1) is 17.6 Å². The highest BCUT2D eigenvalue weighted by Crippen LogP contribution is 2.23. The second-order valence-corrected chi connectivity index (χ2v) is 7.62. The van der Waals surface area contributed by atoms with E-state index in [1.807, 2.05) is 0 Å². The second-order valence-electron chi connectivity index (χ2n) is 4.80. The Hall–Kier alpha value is -1.21. The molecular formula is C12H12ClF2NO3S. The molecule has 1 unspecified atom stereocenters. The van der Waals surface area contributed by atoms with Crippen molar-refractivity contribution in [3.8, 4) is 0 Å². The van der Waals surface area contributed by atoms with Crippen LogP contribution in [0.4, 0.5) is 8.78 Å². The maximum atomic E-state index is 13.1. The highest BCUT2D eigenvalue weighted by molar-refractivity contribution is 8.13. The van der Waals surface area contributed by atoms with Crippen LogP contribution in [-0.4, -0.2) is 31.5 Å². The molecular weight excluding hydrogens is 312 g/mol. The second kappa shape index (κ2) is 5.65. The van der Waals surface area contributed by atoms with Gasteiger partial charge in [0.25, 0.3) is 0 Å². The monoisotopic (exact) mass is 323 g/mol. The molecule has 2 rings (SSSR count). The van der Waals surface area contributed by atoms with Crippen molar-refractivity contribution in [2.45, 2.75) is 13.0 Å². The summed E-state index contributed by atoms with van der Waals surface area (Å²) in [5, 5.41) is 0. The molecule has 0 aliphatic carbocycles. The zero-order valence-corrected chi connectivity index (χ0v) is 11.9. The molecule has 0 saturated carbocycles. The van der Waals surface area contributed by atoms with Gasteiger partial charge in [0, 0.05) is 36.1 Å². The minimum atomic E-state index is -3.66. The molecule has 8 heteroatoms. The molecule has 0 N–H and O–H groups in total. The Morgan fingerprint density at radius 1 is 1.30 bits per heavy atom. The fourth-order valence-electron chi connectivity index (χ4n) is 2.26. The summed E-state index contributed by atoms with van der Waals surface area (Å²) in [6, 6.07) is 3.40. The summed E-state index contributed by atoms with van der Waals surface area (Å²) < 4.78 is 47.8. The first kappa shape index (κ1) is 15.2. The van der Waals surface area contributed by atoms with Gasteiger partial charge in [-0.3, -0.25) is 4.79 Å². The third-order valence-electron chi connectivity index (χ3n) is 3.09. The van der Waals surface area contributed by atoms with Crippen LogP contribution in [0.15, 0.2) is 18.2 Å². The lowest BCUT2D eigenvalue weighted by molar-refractivity contribution is -0.128. The number of hydrogen-bond acceptors (Lipinski definition) is 3. The van der Waals surface area contributed by atoms with E-state index in [4.69, 9.17) is 10.7 Å². The third-order valence-corrected chi connectivity index (χ3v) is 4.33. The van der Waals surface area contributed by atoms with Crippen LogP contribution >= 0.6 is 10.7 Å². The fourth-order valence-corrected chi connectivity index (χ4v) is 3.58. The molecule has 0 bridgehead atoms. The summed E-state index contributed by atoms with van der Waals surface area (Å²) in [4.78, 5) is 13.2. The van der Waals surface area contributed by atoms with Crippen LogP contribution < -0.4 is 0 Å². The quantitative estimate of drug-likeness (QED) is 0.795. The minimum Gasteiger partial charge on any atom is -0.338 e. The van der Waals surface area contributed by atoms with Gasteiger partial charge in [0.05, 0.1) is 5.75 Å². The molecule has 1 aliphatic heterocycles. The normalized spacial score (nSPS) is 19.6. The molecule has 0 radical (unpaired) electrons. The number of benzene rings is 1. The van der Waals surface area contributed by atoms with Crippen LogP contribution in [0.25, 0.3) is 0 Å². The summed E-state index contributed by atoms with van der Waals surface area (Å²) in [5.74, 6) is -2.79. The first-order chi connectivity index (χ1) is 9.24. The smallest absolute Gasteiger partial charge is 0.232 e. The number of rotatable bonds is 4. The van der Waals surface area contributed by atoms with Crippen molar-refractivity contribution in [2.75, 3.05) is 12.3 Å². The highest BCUT2D eigenvalue weighted by Gasteiger charge is 2.32. The maximum absolute atomic E-state index is 13.1. The summed E-state index contributed by atoms with van der Waals surface area (Å²) in [5.41, 5.74) is 0.451. The Bertz CT molecular complexity index is 636. The highest BCUT2D eigenvalue weighted by atomic mass is 35.7. The molecule has 4 nitrogen and oxygen atoms in total. The third kappa shape index (κ3) is 3.89. The summed E-state index contributed by atoms with van der Waals surface area (Å²) in [6.45, 7) is 0.360. The van der Waals surface area contributed by atoms with Crippen LogP contribution in [0.1, 0.15) is 12.0 Å². The Balaban J connectivity index is 2.03. The SMILES string of the molecule is O=C1CC(CS(=O)(=O)Cl)CN1Cc1ccc(F)c(F)c1. The Morgan fingerprint density at radius 2 is 2.00 bits per heavy atom. The fraction of sp³-hybridized carbons (Fsp3) is 0.417. The first-order valence-corrected chi connectivity index (χ1v) is 8.36. The Labute approximate surface area is 119 Å². The van der Waals surface area contributed by atoms with Gasteiger partial charge >= 0.3 is 0 Å². The number of hydrogen-bond donors (Lipinski definition) is 0. The van der Waals surface area contributed by atoms with Gasteiger partial charge < -0.3 is 4.90 Å². The molecule has 1 aromatic rings. The number of nitrogens with zero attached hydrogens (tertiary/aromatic N) is 1. The van der Waals surface area contributed by atoms with Gasteiger partial charge in [-0.1, -0.05) is 6.07 Å². The maximum Gasteiger partial charge on any atom is 0.232 e. The zero-order valence-electron chi connectivity index (χ0n) is 10.4. The average molecular weight is 324 g/mol. The van der Waals surface area contributed by atoms with Crippen LogP contribution in [-0.2, 0) is 20.4 Å². The van der Waals surface area contributed by atoms with E-state index in [-0.39, 0.29) is 37.1 Å². The van der Waals surface area contributed by atoms with Crippen molar-refractivity contribution in [3.05, 3.63) is 35.4 Å². The predicted octanol–water partition coefficient (Wildman–Crippen LogP) is 1.88. The number of carbonyl (C=O) groups is 1. The lowest BCUT2D eigenvalue weighted by Crippen LogP contribution is -2.25. The molecule has 1 aliphatic rings. The van der Waals surface area contributed by atoms with E-state index in [2.05, 4.69) is 0 Å². The van der Waals surface area contributed by atoms with Crippen molar-refractivity contribution in [2.24, 2.45) is 5.92 Å². The summed E-state index contributed by atoms with van der Waals surface area (Å²) in [7, 11) is 1.50. The first-order valence-electron chi connectivity index (χ1n) is 5.88. The molecule has 0 spiro atoms. The molecule has 0 aromatic heterocycles. The van der Waals surface area contributed by atoms with Crippen molar-refractivity contribution < 1.29 is 22.0 Å². The van der Waals surface area contributed by atoms with E-state index < -0.39 is 20.7 Å². The van der Waals surface area contributed by atoms with Gasteiger partial charge in [0.2, 0.25) is 15.0 Å². The summed E-state index contributed by atoms with van der Waals surface area (Å²) in [6.07, 6.45) is 0.0929. The van der Waals surface area contributed by atoms with Gasteiger partial charge in [-0.05, 0) is 17.7 Å². The van der Waals surface area contributed by atoms with E-state index in [1.54, 1.807) is 0 Å². The van der Waals surface area contributed by atoms with Gasteiger partial charge in [-0.15, -0.1) is 0 Å². The van der Waals surface area contributed by atoms with Crippen molar-refractivity contribution >= 4 is 25.6 Å². The average Bonchev–Trinajstić information content (AvgIpc) is 2.62. The molecule has 110 valence electrons. The van der Waals surface area contributed by atoms with Crippen molar-refractivity contribution in [1.29, 1.82) is 0 Å². The molecule has 1 aromatic carbocycles. The van der Waals surface area contributed by atoms with E-state index >= 15 is 0 Å². The molecule has 20 heavy (non-hydrogen) atoms. The van der Waals surface area contributed by atoms with Crippen molar-refractivity contribution in [3.63, 3.8) is 0 Å². The van der Waals surface area contributed by atoms with Crippen LogP contribution in [0.5, 0.6) is 0 Å². The topological polar surface area (TPSA) is 54.5 Å². The number of carbonyl (C=O) groups excluding carboxylic acids is 1. The lowest BCUT2D eigenvalue weighted by atomic mass is 10.1.